The Morgan fingerprint density at radius 2 is 2.12 bits per heavy atom. The molecule has 0 aliphatic carbocycles. The first-order chi connectivity index (χ1) is 8.19. The molecular weight excluding hydrogens is 232 g/mol. The zero-order valence-corrected chi connectivity index (χ0v) is 12.0. The molecular formula is C13H26N2OS. The van der Waals surface area contributed by atoms with Gasteiger partial charge in [-0.3, -0.25) is 4.79 Å². The highest BCUT2D eigenvalue weighted by Gasteiger charge is 2.35. The lowest BCUT2D eigenvalue weighted by molar-refractivity contribution is -0.126. The van der Waals surface area contributed by atoms with Gasteiger partial charge in [0, 0.05) is 6.54 Å². The van der Waals surface area contributed by atoms with Crippen molar-refractivity contribution in [2.24, 2.45) is 0 Å². The summed E-state index contributed by atoms with van der Waals surface area (Å²) in [4.78, 5) is 11.9. The van der Waals surface area contributed by atoms with Gasteiger partial charge in [-0.15, -0.1) is 0 Å². The number of hydrogen-bond donors (Lipinski definition) is 2. The van der Waals surface area contributed by atoms with E-state index < -0.39 is 0 Å². The van der Waals surface area contributed by atoms with Crippen molar-refractivity contribution in [1.82, 2.24) is 10.6 Å². The average Bonchev–Trinajstić information content (AvgIpc) is 2.76. The molecule has 0 saturated carbocycles. The van der Waals surface area contributed by atoms with Gasteiger partial charge in [0.15, 0.2) is 0 Å². The maximum Gasteiger partial charge on any atom is 0.240 e. The van der Waals surface area contributed by atoms with Crippen LogP contribution in [0, 0.1) is 0 Å². The van der Waals surface area contributed by atoms with Crippen molar-refractivity contribution in [2.75, 3.05) is 25.1 Å². The second kappa shape index (κ2) is 7.98. The van der Waals surface area contributed by atoms with Gasteiger partial charge in [0.05, 0.1) is 5.54 Å². The Labute approximate surface area is 109 Å². The molecule has 1 aliphatic heterocycles. The highest BCUT2D eigenvalue weighted by atomic mass is 32.2. The van der Waals surface area contributed by atoms with E-state index in [1.54, 1.807) is 0 Å². The lowest BCUT2D eigenvalue weighted by Gasteiger charge is -2.22. The fourth-order valence-electron chi connectivity index (χ4n) is 2.21. The molecule has 0 aromatic heterocycles. The number of carbonyl (C=O) groups excluding carboxylic acids is 1. The van der Waals surface area contributed by atoms with E-state index in [4.69, 9.17) is 0 Å². The Bertz CT molecular complexity index is 227. The molecule has 0 bridgehead atoms. The second-order valence-corrected chi connectivity index (χ2v) is 6.01. The van der Waals surface area contributed by atoms with Crippen molar-refractivity contribution in [1.29, 1.82) is 0 Å². The number of thioether (sulfide) groups is 1. The third-order valence-corrected chi connectivity index (χ3v) is 4.13. The molecule has 17 heavy (non-hydrogen) atoms. The molecule has 1 rings (SSSR count). The Kier molecular flexibility index (Phi) is 6.97. The van der Waals surface area contributed by atoms with Gasteiger partial charge in [0.2, 0.25) is 5.91 Å². The smallest absolute Gasteiger partial charge is 0.240 e. The fourth-order valence-corrected chi connectivity index (χ4v) is 2.70. The predicted octanol–water partition coefficient (Wildman–Crippen LogP) is 2.17. The van der Waals surface area contributed by atoms with Crippen LogP contribution in [0.2, 0.25) is 0 Å². The third kappa shape index (κ3) is 5.30. The summed E-state index contributed by atoms with van der Waals surface area (Å²) in [5.41, 5.74) is -0.307. The van der Waals surface area contributed by atoms with Gasteiger partial charge < -0.3 is 10.6 Å². The Morgan fingerprint density at radius 3 is 2.76 bits per heavy atom. The second-order valence-electron chi connectivity index (χ2n) is 5.03. The quantitative estimate of drug-likeness (QED) is 0.656. The molecule has 2 N–H and O–H groups in total. The van der Waals surface area contributed by atoms with Crippen molar-refractivity contribution in [3.63, 3.8) is 0 Å². The van der Waals surface area contributed by atoms with Gasteiger partial charge in [-0.1, -0.05) is 12.8 Å². The van der Waals surface area contributed by atoms with Crippen LogP contribution in [0.15, 0.2) is 0 Å². The van der Waals surface area contributed by atoms with Crippen LogP contribution in [-0.4, -0.2) is 36.5 Å². The summed E-state index contributed by atoms with van der Waals surface area (Å²) in [7, 11) is 0. The van der Waals surface area contributed by atoms with Crippen LogP contribution in [0.3, 0.4) is 0 Å². The predicted molar refractivity (Wildman–Crippen MR) is 75.5 cm³/mol. The standard InChI is InChI=1S/C13H26N2OS/c1-13(8-7-10-15-13)12(16)14-9-5-3-4-6-11-17-2/h15H,3-11H2,1-2H3,(H,14,16). The van der Waals surface area contributed by atoms with Crippen LogP contribution in [0.1, 0.15) is 45.4 Å². The number of amides is 1. The van der Waals surface area contributed by atoms with Gasteiger partial charge in [0.1, 0.15) is 0 Å². The normalized spacial score (nSPS) is 23.9. The maximum atomic E-state index is 11.9. The van der Waals surface area contributed by atoms with E-state index in [0.29, 0.717) is 0 Å². The topological polar surface area (TPSA) is 41.1 Å². The van der Waals surface area contributed by atoms with Crippen LogP contribution in [0.5, 0.6) is 0 Å². The summed E-state index contributed by atoms with van der Waals surface area (Å²) in [6.07, 6.45) is 9.14. The van der Waals surface area contributed by atoms with Crippen molar-refractivity contribution in [2.45, 2.75) is 51.0 Å². The molecule has 1 amide bonds. The zero-order valence-electron chi connectivity index (χ0n) is 11.2. The number of carbonyl (C=O) groups is 1. The van der Waals surface area contributed by atoms with Gasteiger partial charge in [-0.2, -0.15) is 11.8 Å². The van der Waals surface area contributed by atoms with E-state index in [1.807, 2.05) is 18.7 Å². The molecule has 1 saturated heterocycles. The van der Waals surface area contributed by atoms with Crippen molar-refractivity contribution >= 4 is 17.7 Å². The Hall–Kier alpha value is -0.220. The van der Waals surface area contributed by atoms with E-state index in [2.05, 4.69) is 16.9 Å². The molecule has 1 atom stereocenters. The molecule has 4 heteroatoms. The van der Waals surface area contributed by atoms with Crippen molar-refractivity contribution in [3.05, 3.63) is 0 Å². The minimum Gasteiger partial charge on any atom is -0.355 e. The molecule has 0 aromatic carbocycles. The highest BCUT2D eigenvalue weighted by Crippen LogP contribution is 2.18. The summed E-state index contributed by atoms with van der Waals surface area (Å²) < 4.78 is 0. The summed E-state index contributed by atoms with van der Waals surface area (Å²) in [5, 5.41) is 6.34. The first-order valence-corrected chi connectivity index (χ1v) is 8.11. The number of unbranched alkanes of at least 4 members (excludes halogenated alkanes) is 3. The number of nitrogens with one attached hydrogen (secondary N) is 2. The Morgan fingerprint density at radius 1 is 1.35 bits per heavy atom. The van der Waals surface area contributed by atoms with Crippen LogP contribution in [0.4, 0.5) is 0 Å². The maximum absolute atomic E-state index is 11.9. The minimum absolute atomic E-state index is 0.180. The average molecular weight is 258 g/mol. The molecule has 0 spiro atoms. The summed E-state index contributed by atoms with van der Waals surface area (Å²) in [6.45, 7) is 3.81. The van der Waals surface area contributed by atoms with E-state index >= 15 is 0 Å². The molecule has 1 fully saturated rings. The SMILES string of the molecule is CSCCCCCCNC(=O)C1(C)CCCN1. The van der Waals surface area contributed by atoms with Crippen LogP contribution in [0.25, 0.3) is 0 Å². The molecule has 1 heterocycles. The molecule has 0 aromatic rings. The lowest BCUT2D eigenvalue weighted by atomic mass is 9.99. The largest absolute Gasteiger partial charge is 0.355 e. The van der Waals surface area contributed by atoms with E-state index in [0.717, 1.165) is 32.4 Å². The van der Waals surface area contributed by atoms with Crippen molar-refractivity contribution < 1.29 is 4.79 Å². The van der Waals surface area contributed by atoms with Gasteiger partial charge in [0.25, 0.3) is 0 Å². The molecule has 1 aliphatic rings. The minimum atomic E-state index is -0.307. The molecule has 1 unspecified atom stereocenters. The monoisotopic (exact) mass is 258 g/mol. The lowest BCUT2D eigenvalue weighted by Crippen LogP contribution is -2.51. The van der Waals surface area contributed by atoms with E-state index in [-0.39, 0.29) is 11.4 Å². The highest BCUT2D eigenvalue weighted by molar-refractivity contribution is 7.98. The van der Waals surface area contributed by atoms with Crippen LogP contribution >= 0.6 is 11.8 Å². The summed E-state index contributed by atoms with van der Waals surface area (Å²) in [5.74, 6) is 1.44. The fraction of sp³-hybridized carbons (Fsp3) is 0.923. The molecule has 0 radical (unpaired) electrons. The van der Waals surface area contributed by atoms with Crippen LogP contribution in [-0.2, 0) is 4.79 Å². The summed E-state index contributed by atoms with van der Waals surface area (Å²) >= 11 is 1.91. The van der Waals surface area contributed by atoms with E-state index in [9.17, 15) is 4.79 Å². The van der Waals surface area contributed by atoms with Gasteiger partial charge in [-0.05, 0) is 51.2 Å². The Balaban J connectivity index is 2.00. The molecule has 3 nitrogen and oxygen atoms in total. The summed E-state index contributed by atoms with van der Waals surface area (Å²) in [6, 6.07) is 0. The zero-order chi connectivity index (χ0) is 12.6. The first-order valence-electron chi connectivity index (χ1n) is 6.71. The first kappa shape index (κ1) is 14.8. The van der Waals surface area contributed by atoms with Gasteiger partial charge >= 0.3 is 0 Å². The van der Waals surface area contributed by atoms with Crippen molar-refractivity contribution in [3.8, 4) is 0 Å². The van der Waals surface area contributed by atoms with E-state index in [1.165, 1.54) is 25.0 Å². The van der Waals surface area contributed by atoms with Gasteiger partial charge in [-0.25, -0.2) is 0 Å². The van der Waals surface area contributed by atoms with Crippen LogP contribution < -0.4 is 10.6 Å². The number of rotatable bonds is 8. The number of hydrogen-bond acceptors (Lipinski definition) is 3. The molecule has 100 valence electrons. The third-order valence-electron chi connectivity index (χ3n) is 3.43.